The van der Waals surface area contributed by atoms with Crippen LogP contribution >= 0.6 is 0 Å². The summed E-state index contributed by atoms with van der Waals surface area (Å²) in [4.78, 5) is 30.6. The topological polar surface area (TPSA) is 130 Å². The van der Waals surface area contributed by atoms with Crippen molar-refractivity contribution in [1.29, 1.82) is 0 Å². The molecule has 2 amide bonds. The highest BCUT2D eigenvalue weighted by Gasteiger charge is 2.37. The van der Waals surface area contributed by atoms with E-state index >= 15 is 4.39 Å². The Morgan fingerprint density at radius 1 is 1.16 bits per heavy atom. The first-order valence-corrected chi connectivity index (χ1v) is 19.3. The third-order valence-corrected chi connectivity index (χ3v) is 10.4. The van der Waals surface area contributed by atoms with Gasteiger partial charge in [-0.25, -0.2) is 9.67 Å². The molecule has 240 valence electrons. The van der Waals surface area contributed by atoms with Crippen LogP contribution in [0.3, 0.4) is 0 Å². The molecule has 3 aromatic rings. The van der Waals surface area contributed by atoms with Gasteiger partial charge < -0.3 is 15.8 Å². The summed E-state index contributed by atoms with van der Waals surface area (Å²) in [5.74, 6) is -1.71. The Morgan fingerprint density at radius 2 is 1.84 bits per heavy atom. The molecule has 0 bridgehead atoms. The fraction of sp³-hybridized carbons (Fsp3) is 0.594. The summed E-state index contributed by atoms with van der Waals surface area (Å²) >= 11 is 0. The van der Waals surface area contributed by atoms with Gasteiger partial charge in [0.25, 0.3) is 5.91 Å². The number of aryl methyl sites for hydroxylation is 1. The van der Waals surface area contributed by atoms with Crippen LogP contribution in [-0.4, -0.2) is 51.0 Å². The van der Waals surface area contributed by atoms with E-state index in [0.717, 1.165) is 37.4 Å². The van der Waals surface area contributed by atoms with E-state index in [4.69, 9.17) is 10.5 Å². The molecule has 1 aliphatic carbocycles. The zero-order chi connectivity index (χ0) is 32.3. The number of anilines is 1. The number of primary amides is 1. The van der Waals surface area contributed by atoms with Crippen molar-refractivity contribution < 1.29 is 18.7 Å². The number of nitrogens with two attached hydrogens (primary N) is 1. The number of carbonyl (C=O) groups excluding carboxylic acids is 2. The smallest absolute Gasteiger partial charge is 0.267 e. The number of pyridine rings is 1. The number of aromatic nitrogens is 5. The second kappa shape index (κ2) is 13.7. The van der Waals surface area contributed by atoms with Gasteiger partial charge in [0.2, 0.25) is 11.9 Å². The molecular weight excluding hydrogens is 577 g/mol. The summed E-state index contributed by atoms with van der Waals surface area (Å²) < 4.78 is 24.8. The number of ether oxygens (including phenoxy) is 1. The van der Waals surface area contributed by atoms with Gasteiger partial charge in [0, 0.05) is 43.1 Å². The zero-order valence-corrected chi connectivity index (χ0v) is 28.4. The number of hydrogen-bond donors (Lipinski definition) is 2. The predicted octanol–water partition coefficient (Wildman–Crippen LogP) is 6.44. The maximum Gasteiger partial charge on any atom is 0.267 e. The van der Waals surface area contributed by atoms with Crippen LogP contribution in [-0.2, 0) is 16.3 Å². The van der Waals surface area contributed by atoms with Crippen molar-refractivity contribution in [1.82, 2.24) is 24.5 Å². The van der Waals surface area contributed by atoms with Gasteiger partial charge in [0.05, 0.1) is 17.8 Å². The first-order chi connectivity index (χ1) is 20.7. The summed E-state index contributed by atoms with van der Waals surface area (Å²) in [7, 11) is -1.21. The average Bonchev–Trinajstić information content (AvgIpc) is 3.49. The van der Waals surface area contributed by atoms with Gasteiger partial charge in [-0.2, -0.15) is 14.6 Å². The number of nitrogens with zero attached hydrogens (tertiary/aromatic N) is 5. The second-order valence-corrected chi connectivity index (χ2v) is 19.4. The Balaban J connectivity index is 1.58. The van der Waals surface area contributed by atoms with Crippen molar-refractivity contribution in [3.05, 3.63) is 46.9 Å². The molecule has 3 aromatic heterocycles. The number of hydrogen-bond acceptors (Lipinski definition) is 6. The summed E-state index contributed by atoms with van der Waals surface area (Å²) in [5.41, 5.74) is 8.95. The lowest BCUT2D eigenvalue weighted by atomic mass is 9.73. The predicted molar refractivity (Wildman–Crippen MR) is 173 cm³/mol. The first-order valence-electron chi connectivity index (χ1n) is 15.6. The fourth-order valence-electron chi connectivity index (χ4n) is 6.11. The van der Waals surface area contributed by atoms with Crippen molar-refractivity contribution in [3.63, 3.8) is 0 Å². The molecular formula is C32H48FN7O3Si. The summed E-state index contributed by atoms with van der Waals surface area (Å²) in [5, 5.41) is 11.8. The molecule has 0 aliphatic heterocycles. The third kappa shape index (κ3) is 7.63. The van der Waals surface area contributed by atoms with Gasteiger partial charge in [0.15, 0.2) is 0 Å². The van der Waals surface area contributed by atoms with E-state index in [9.17, 15) is 9.59 Å². The monoisotopic (exact) mass is 625 g/mol. The van der Waals surface area contributed by atoms with Gasteiger partial charge in [-0.1, -0.05) is 39.4 Å². The maximum absolute atomic E-state index is 15.6. The molecule has 3 N–H and O–H groups in total. The standard InChI is InChI=1S/C32H48FN7O3Si/c1-19(2)40-29(31(34)41)25(17-35-40)28(23-11-9-20(3)10-12-23)32(42)37-26-14-13-24(30(33)36-26)27-21(4)38-39(22(27)5)18-43-15-16-44(6,7)8/h13-14,17,19-20,23,28H,9-12,15-16,18H2,1-8H3,(H2,34,41)(H,36,37,42)/t20?,23?,28-/m0/s1. The minimum Gasteiger partial charge on any atom is -0.364 e. The highest BCUT2D eigenvalue weighted by atomic mass is 28.3. The molecule has 4 rings (SSSR count). The van der Waals surface area contributed by atoms with Crippen LogP contribution in [0.15, 0.2) is 18.3 Å². The number of carbonyl (C=O) groups is 2. The Labute approximate surface area is 261 Å². The SMILES string of the molecule is Cc1nn(COCC[Si](C)(C)C)c(C)c1-c1ccc(NC(=O)[C@H](c2cnn(C(C)C)c2C(N)=O)C2CCC(C)CC2)nc1F. The number of rotatable bonds is 12. The Kier molecular flexibility index (Phi) is 10.4. The molecule has 3 heterocycles. The fourth-order valence-corrected chi connectivity index (χ4v) is 6.87. The van der Waals surface area contributed by atoms with Crippen LogP contribution in [0.2, 0.25) is 25.7 Å². The molecule has 0 unspecified atom stereocenters. The molecule has 0 saturated heterocycles. The van der Waals surface area contributed by atoms with Crippen LogP contribution in [0.5, 0.6) is 0 Å². The van der Waals surface area contributed by atoms with Gasteiger partial charge in [-0.3, -0.25) is 14.3 Å². The minimum absolute atomic E-state index is 0.0117. The van der Waals surface area contributed by atoms with Crippen molar-refractivity contribution in [2.75, 3.05) is 11.9 Å². The molecule has 1 saturated carbocycles. The van der Waals surface area contributed by atoms with Crippen molar-refractivity contribution in [2.45, 2.75) is 105 Å². The minimum atomic E-state index is -1.21. The maximum atomic E-state index is 15.6. The first kappa shape index (κ1) is 33.5. The number of nitrogens with one attached hydrogen (secondary N) is 1. The van der Waals surface area contributed by atoms with Gasteiger partial charge in [0.1, 0.15) is 18.2 Å². The molecule has 0 aromatic carbocycles. The number of amides is 2. The summed E-state index contributed by atoms with van der Waals surface area (Å²) in [6, 6.07) is 4.16. The zero-order valence-electron chi connectivity index (χ0n) is 27.4. The average molecular weight is 626 g/mol. The lowest BCUT2D eigenvalue weighted by Crippen LogP contribution is -2.32. The van der Waals surface area contributed by atoms with Gasteiger partial charge in [-0.15, -0.1) is 0 Å². The largest absolute Gasteiger partial charge is 0.364 e. The lowest BCUT2D eigenvalue weighted by molar-refractivity contribution is -0.119. The molecule has 12 heteroatoms. The van der Waals surface area contributed by atoms with E-state index in [1.165, 1.54) is 0 Å². The molecule has 10 nitrogen and oxygen atoms in total. The van der Waals surface area contributed by atoms with E-state index < -0.39 is 25.8 Å². The van der Waals surface area contributed by atoms with Crippen LogP contribution in [0, 0.1) is 31.6 Å². The van der Waals surface area contributed by atoms with Crippen molar-refractivity contribution in [3.8, 4) is 11.1 Å². The quantitative estimate of drug-likeness (QED) is 0.135. The van der Waals surface area contributed by atoms with E-state index in [1.54, 1.807) is 27.7 Å². The van der Waals surface area contributed by atoms with Gasteiger partial charge >= 0.3 is 0 Å². The lowest BCUT2D eigenvalue weighted by Gasteiger charge is -2.32. The summed E-state index contributed by atoms with van der Waals surface area (Å²) in [6.45, 7) is 17.6. The van der Waals surface area contributed by atoms with Crippen molar-refractivity contribution >= 4 is 25.7 Å². The van der Waals surface area contributed by atoms with Crippen LogP contribution in [0.4, 0.5) is 10.2 Å². The Bertz CT molecular complexity index is 1490. The highest BCUT2D eigenvalue weighted by molar-refractivity contribution is 6.76. The van der Waals surface area contributed by atoms with Crippen LogP contribution in [0.25, 0.3) is 11.1 Å². The van der Waals surface area contributed by atoms with E-state index in [1.807, 2.05) is 27.7 Å². The molecule has 0 radical (unpaired) electrons. The molecule has 1 atom stereocenters. The van der Waals surface area contributed by atoms with Crippen LogP contribution in [0.1, 0.15) is 85.9 Å². The van der Waals surface area contributed by atoms with Crippen LogP contribution < -0.4 is 11.1 Å². The normalized spacial score (nSPS) is 18.0. The van der Waals surface area contributed by atoms with Gasteiger partial charge in [-0.05, 0) is 70.5 Å². The Hall–Kier alpha value is -3.38. The molecule has 1 fully saturated rings. The highest BCUT2D eigenvalue weighted by Crippen LogP contribution is 2.40. The van der Waals surface area contributed by atoms with E-state index in [-0.39, 0.29) is 29.4 Å². The molecule has 1 aliphatic rings. The van der Waals surface area contributed by atoms with Crippen molar-refractivity contribution in [2.24, 2.45) is 17.6 Å². The van der Waals surface area contributed by atoms with E-state index in [0.29, 0.717) is 41.6 Å². The second-order valence-electron chi connectivity index (χ2n) is 13.8. The third-order valence-electron chi connectivity index (χ3n) is 8.66. The number of halogens is 1. The summed E-state index contributed by atoms with van der Waals surface area (Å²) in [6.07, 6.45) is 5.20. The van der Waals surface area contributed by atoms with E-state index in [2.05, 4.69) is 47.1 Å². The molecule has 44 heavy (non-hydrogen) atoms. The molecule has 0 spiro atoms. The Morgan fingerprint density at radius 3 is 2.43 bits per heavy atom.